The Kier molecular flexibility index (Phi) is 4.13. The van der Waals surface area contributed by atoms with E-state index in [2.05, 4.69) is 54.7 Å². The molecule has 2 N–H and O–H groups in total. The van der Waals surface area contributed by atoms with Crippen LogP contribution in [-0.4, -0.2) is 24.3 Å². The minimum absolute atomic E-state index is 0.196. The summed E-state index contributed by atoms with van der Waals surface area (Å²) in [7, 11) is 0. The van der Waals surface area contributed by atoms with E-state index < -0.39 is 0 Å². The Bertz CT molecular complexity index is 481. The maximum atomic E-state index is 8.76. The van der Waals surface area contributed by atoms with E-state index in [-0.39, 0.29) is 6.61 Å². The Morgan fingerprint density at radius 2 is 1.88 bits per heavy atom. The van der Waals surface area contributed by atoms with E-state index in [0.29, 0.717) is 12.6 Å². The number of nitrogens with one attached hydrogen (secondary N) is 1. The molecule has 1 atom stereocenters. The lowest BCUT2D eigenvalue weighted by molar-refractivity contribution is 0.285. The Labute approximate surface area is 102 Å². The van der Waals surface area contributed by atoms with Gasteiger partial charge in [0.1, 0.15) is 0 Å². The van der Waals surface area contributed by atoms with Crippen LogP contribution in [0.2, 0.25) is 0 Å². The molecule has 0 saturated carbocycles. The van der Waals surface area contributed by atoms with Crippen molar-refractivity contribution in [1.82, 2.24) is 5.32 Å². The summed E-state index contributed by atoms with van der Waals surface area (Å²) in [5, 5.41) is 14.6. The van der Waals surface area contributed by atoms with Crippen LogP contribution in [0.5, 0.6) is 0 Å². The normalized spacial score (nSPS) is 12.8. The van der Waals surface area contributed by atoms with Crippen molar-refractivity contribution in [3.63, 3.8) is 0 Å². The molecule has 0 saturated heterocycles. The minimum Gasteiger partial charge on any atom is -0.395 e. The second-order valence-electron chi connectivity index (χ2n) is 4.46. The van der Waals surface area contributed by atoms with E-state index in [1.807, 2.05) is 0 Å². The third-order valence-corrected chi connectivity index (χ3v) is 2.96. The molecule has 0 aliphatic rings. The molecule has 1 unspecified atom stereocenters. The number of aliphatic hydroxyl groups is 1. The van der Waals surface area contributed by atoms with Crippen LogP contribution in [0.15, 0.2) is 42.5 Å². The molecule has 0 fully saturated rings. The molecular weight excluding hydrogens is 210 g/mol. The monoisotopic (exact) mass is 229 g/mol. The fourth-order valence-corrected chi connectivity index (χ4v) is 2.10. The van der Waals surface area contributed by atoms with Crippen LogP contribution in [0.1, 0.15) is 12.5 Å². The number of rotatable bonds is 5. The fraction of sp³-hybridized carbons (Fsp3) is 0.333. The van der Waals surface area contributed by atoms with Gasteiger partial charge in [0.15, 0.2) is 0 Å². The zero-order valence-electron chi connectivity index (χ0n) is 10.2. The summed E-state index contributed by atoms with van der Waals surface area (Å²) in [5.74, 6) is 0. The molecule has 2 aromatic rings. The van der Waals surface area contributed by atoms with Crippen LogP contribution in [0.3, 0.4) is 0 Å². The van der Waals surface area contributed by atoms with Crippen LogP contribution in [-0.2, 0) is 6.42 Å². The van der Waals surface area contributed by atoms with Crippen molar-refractivity contribution in [2.45, 2.75) is 19.4 Å². The molecule has 90 valence electrons. The molecule has 17 heavy (non-hydrogen) atoms. The van der Waals surface area contributed by atoms with E-state index in [1.165, 1.54) is 16.3 Å². The molecule has 0 aromatic heterocycles. The quantitative estimate of drug-likeness (QED) is 0.825. The van der Waals surface area contributed by atoms with E-state index in [0.717, 1.165) is 6.42 Å². The zero-order valence-corrected chi connectivity index (χ0v) is 10.2. The van der Waals surface area contributed by atoms with Gasteiger partial charge in [-0.3, -0.25) is 0 Å². The van der Waals surface area contributed by atoms with Gasteiger partial charge in [-0.25, -0.2) is 0 Å². The first-order valence-electron chi connectivity index (χ1n) is 6.11. The first-order valence-corrected chi connectivity index (χ1v) is 6.11. The van der Waals surface area contributed by atoms with Gasteiger partial charge < -0.3 is 10.4 Å². The highest BCUT2D eigenvalue weighted by Crippen LogP contribution is 2.16. The molecule has 0 bridgehead atoms. The van der Waals surface area contributed by atoms with Gasteiger partial charge in [-0.2, -0.15) is 0 Å². The largest absolute Gasteiger partial charge is 0.395 e. The summed E-state index contributed by atoms with van der Waals surface area (Å²) in [5.41, 5.74) is 1.33. The summed E-state index contributed by atoms with van der Waals surface area (Å²) in [6, 6.07) is 15.4. The topological polar surface area (TPSA) is 32.3 Å². The van der Waals surface area contributed by atoms with Crippen LogP contribution < -0.4 is 5.32 Å². The number of aliphatic hydroxyl groups excluding tert-OH is 1. The Hall–Kier alpha value is -1.38. The predicted molar refractivity (Wildman–Crippen MR) is 72.2 cm³/mol. The van der Waals surface area contributed by atoms with Gasteiger partial charge >= 0.3 is 0 Å². The van der Waals surface area contributed by atoms with Gasteiger partial charge in [-0.15, -0.1) is 0 Å². The molecule has 2 rings (SSSR count). The lowest BCUT2D eigenvalue weighted by Gasteiger charge is -2.13. The summed E-state index contributed by atoms with van der Waals surface area (Å²) in [4.78, 5) is 0. The molecule has 0 aliphatic heterocycles. The zero-order chi connectivity index (χ0) is 12.1. The minimum atomic E-state index is 0.196. The molecule has 0 heterocycles. The van der Waals surface area contributed by atoms with Gasteiger partial charge in [-0.1, -0.05) is 42.5 Å². The second-order valence-corrected chi connectivity index (χ2v) is 4.46. The number of fused-ring (bicyclic) bond motifs is 1. The number of hydrogen-bond donors (Lipinski definition) is 2. The Morgan fingerprint density at radius 1 is 1.12 bits per heavy atom. The molecular formula is C15H19NO. The van der Waals surface area contributed by atoms with Crippen molar-refractivity contribution in [2.24, 2.45) is 0 Å². The third kappa shape index (κ3) is 3.29. The van der Waals surface area contributed by atoms with Gasteiger partial charge in [-0.05, 0) is 29.7 Å². The molecule has 0 spiro atoms. The molecule has 0 aliphatic carbocycles. The van der Waals surface area contributed by atoms with Crippen molar-refractivity contribution >= 4 is 10.8 Å². The van der Waals surface area contributed by atoms with E-state index in [1.54, 1.807) is 0 Å². The first-order chi connectivity index (χ1) is 8.29. The van der Waals surface area contributed by atoms with Crippen molar-refractivity contribution in [3.05, 3.63) is 48.0 Å². The SMILES string of the molecule is CC(Cc1ccc2ccccc2c1)NCCO. The van der Waals surface area contributed by atoms with Gasteiger partial charge in [0.25, 0.3) is 0 Å². The molecule has 2 heteroatoms. The van der Waals surface area contributed by atoms with Crippen LogP contribution in [0.4, 0.5) is 0 Å². The lowest BCUT2D eigenvalue weighted by Crippen LogP contribution is -2.30. The van der Waals surface area contributed by atoms with Crippen LogP contribution in [0.25, 0.3) is 10.8 Å². The van der Waals surface area contributed by atoms with Gasteiger partial charge in [0.05, 0.1) is 6.61 Å². The molecule has 2 nitrogen and oxygen atoms in total. The summed E-state index contributed by atoms with van der Waals surface area (Å²) in [6.07, 6.45) is 0.991. The highest BCUT2D eigenvalue weighted by molar-refractivity contribution is 5.82. The van der Waals surface area contributed by atoms with E-state index in [9.17, 15) is 0 Å². The first kappa shape index (κ1) is 12.1. The average molecular weight is 229 g/mol. The maximum absolute atomic E-state index is 8.76. The summed E-state index contributed by atoms with van der Waals surface area (Å²) >= 11 is 0. The smallest absolute Gasteiger partial charge is 0.0556 e. The van der Waals surface area contributed by atoms with Crippen LogP contribution in [0, 0.1) is 0 Å². The van der Waals surface area contributed by atoms with E-state index in [4.69, 9.17) is 5.11 Å². The third-order valence-electron chi connectivity index (χ3n) is 2.96. The van der Waals surface area contributed by atoms with Crippen molar-refractivity contribution in [1.29, 1.82) is 0 Å². The maximum Gasteiger partial charge on any atom is 0.0556 e. The van der Waals surface area contributed by atoms with Gasteiger partial charge in [0.2, 0.25) is 0 Å². The average Bonchev–Trinajstić information content (AvgIpc) is 2.36. The second kappa shape index (κ2) is 5.80. The number of benzene rings is 2. The van der Waals surface area contributed by atoms with Crippen molar-refractivity contribution in [3.8, 4) is 0 Å². The van der Waals surface area contributed by atoms with Crippen LogP contribution >= 0.6 is 0 Å². The standard InChI is InChI=1S/C15H19NO/c1-12(16-8-9-17)10-13-6-7-14-4-2-3-5-15(14)11-13/h2-7,11-12,16-17H,8-10H2,1H3. The molecule has 2 aromatic carbocycles. The highest BCUT2D eigenvalue weighted by atomic mass is 16.3. The molecule has 0 radical (unpaired) electrons. The number of hydrogen-bond acceptors (Lipinski definition) is 2. The van der Waals surface area contributed by atoms with Crippen molar-refractivity contribution in [2.75, 3.05) is 13.2 Å². The Morgan fingerprint density at radius 3 is 2.65 bits per heavy atom. The van der Waals surface area contributed by atoms with E-state index >= 15 is 0 Å². The van der Waals surface area contributed by atoms with Crippen molar-refractivity contribution < 1.29 is 5.11 Å². The Balaban J connectivity index is 2.08. The highest BCUT2D eigenvalue weighted by Gasteiger charge is 2.03. The lowest BCUT2D eigenvalue weighted by atomic mass is 10.0. The predicted octanol–water partition coefficient (Wildman–Crippen LogP) is 2.35. The van der Waals surface area contributed by atoms with Gasteiger partial charge in [0, 0.05) is 12.6 Å². The molecule has 0 amide bonds. The summed E-state index contributed by atoms with van der Waals surface area (Å²) in [6.45, 7) is 3.00. The fourth-order valence-electron chi connectivity index (χ4n) is 2.10. The summed E-state index contributed by atoms with van der Waals surface area (Å²) < 4.78 is 0.